The summed E-state index contributed by atoms with van der Waals surface area (Å²) < 4.78 is 5.78. The third kappa shape index (κ3) is 0.816. The van der Waals surface area contributed by atoms with Gasteiger partial charge >= 0.3 is 0 Å². The van der Waals surface area contributed by atoms with E-state index in [1.807, 2.05) is 18.7 Å². The molecule has 4 aliphatic rings. The number of nitrogens with zero attached hydrogens (tertiary/aromatic N) is 1. The molecule has 2 saturated carbocycles. The van der Waals surface area contributed by atoms with Gasteiger partial charge in [0.05, 0.1) is 12.6 Å². The summed E-state index contributed by atoms with van der Waals surface area (Å²) in [5.74, 6) is 1.38. The quantitative estimate of drug-likeness (QED) is 0.624. The van der Waals surface area contributed by atoms with E-state index in [0.717, 1.165) is 6.61 Å². The third-order valence-electron chi connectivity index (χ3n) is 5.50. The highest BCUT2D eigenvalue weighted by Crippen LogP contribution is 2.74. The molecule has 0 aromatic heterocycles. The number of carbonyl (C=O) groups excluding carboxylic acids is 1. The number of hydrogen-bond donors (Lipinski definition) is 0. The van der Waals surface area contributed by atoms with Crippen LogP contribution in [0.2, 0.25) is 0 Å². The van der Waals surface area contributed by atoms with Crippen LogP contribution in [0.5, 0.6) is 0 Å². The molecule has 0 N–H and O–H groups in total. The van der Waals surface area contributed by atoms with Gasteiger partial charge in [-0.1, -0.05) is 12.8 Å². The summed E-state index contributed by atoms with van der Waals surface area (Å²) in [5.41, 5.74) is 0.0665. The molecule has 16 heavy (non-hydrogen) atoms. The SMILES string of the molecule is CC1(C)OC[C@@H]2[C@@H]3[C@H](C(=O)N21)C31CCCC1. The minimum atomic E-state index is -0.352. The lowest BCUT2D eigenvalue weighted by Crippen LogP contribution is -2.47. The first kappa shape index (κ1) is 9.46. The lowest BCUT2D eigenvalue weighted by molar-refractivity contribution is -0.145. The van der Waals surface area contributed by atoms with E-state index in [4.69, 9.17) is 4.74 Å². The second-order valence-electron chi connectivity index (χ2n) is 6.48. The Morgan fingerprint density at radius 1 is 1.31 bits per heavy atom. The van der Waals surface area contributed by atoms with E-state index in [0.29, 0.717) is 29.2 Å². The summed E-state index contributed by atoms with van der Waals surface area (Å²) in [6.45, 7) is 4.82. The topological polar surface area (TPSA) is 29.5 Å². The Morgan fingerprint density at radius 2 is 2.00 bits per heavy atom. The molecule has 2 aliphatic heterocycles. The van der Waals surface area contributed by atoms with Crippen molar-refractivity contribution in [3.63, 3.8) is 0 Å². The van der Waals surface area contributed by atoms with E-state index in [2.05, 4.69) is 0 Å². The molecule has 3 atom stereocenters. The molecule has 0 aromatic carbocycles. The molecule has 88 valence electrons. The number of piperidine rings is 1. The smallest absolute Gasteiger partial charge is 0.229 e. The molecule has 0 aromatic rings. The monoisotopic (exact) mass is 221 g/mol. The van der Waals surface area contributed by atoms with Gasteiger partial charge in [0.25, 0.3) is 0 Å². The fourth-order valence-electron chi connectivity index (χ4n) is 4.88. The van der Waals surface area contributed by atoms with Crippen molar-refractivity contribution < 1.29 is 9.53 Å². The van der Waals surface area contributed by atoms with Crippen LogP contribution in [0.3, 0.4) is 0 Å². The minimum Gasteiger partial charge on any atom is -0.354 e. The van der Waals surface area contributed by atoms with E-state index < -0.39 is 0 Å². The van der Waals surface area contributed by atoms with Gasteiger partial charge in [-0.15, -0.1) is 0 Å². The first-order chi connectivity index (χ1) is 7.58. The molecule has 2 aliphatic carbocycles. The van der Waals surface area contributed by atoms with Gasteiger partial charge < -0.3 is 9.64 Å². The average molecular weight is 221 g/mol. The van der Waals surface area contributed by atoms with E-state index in [9.17, 15) is 4.79 Å². The zero-order valence-electron chi connectivity index (χ0n) is 10.0. The highest BCUT2D eigenvalue weighted by atomic mass is 16.5. The Morgan fingerprint density at radius 3 is 2.69 bits per heavy atom. The average Bonchev–Trinajstić information content (AvgIpc) is 2.57. The highest BCUT2D eigenvalue weighted by molar-refractivity contribution is 5.88. The number of rotatable bonds is 0. The van der Waals surface area contributed by atoms with Gasteiger partial charge in [-0.05, 0) is 32.1 Å². The van der Waals surface area contributed by atoms with E-state index in [1.165, 1.54) is 25.7 Å². The number of amides is 1. The molecular weight excluding hydrogens is 202 g/mol. The molecule has 0 bridgehead atoms. The van der Waals surface area contributed by atoms with Crippen molar-refractivity contribution in [2.45, 2.75) is 51.3 Å². The van der Waals surface area contributed by atoms with Crippen molar-refractivity contribution in [2.75, 3.05) is 6.61 Å². The third-order valence-corrected chi connectivity index (χ3v) is 5.50. The second-order valence-corrected chi connectivity index (χ2v) is 6.48. The molecule has 3 nitrogen and oxygen atoms in total. The molecular formula is C13H19NO2. The van der Waals surface area contributed by atoms with Gasteiger partial charge in [0, 0.05) is 11.8 Å². The van der Waals surface area contributed by atoms with Crippen LogP contribution in [0.4, 0.5) is 0 Å². The van der Waals surface area contributed by atoms with Crippen LogP contribution < -0.4 is 0 Å². The fraction of sp³-hybridized carbons (Fsp3) is 0.923. The van der Waals surface area contributed by atoms with E-state index in [1.54, 1.807) is 0 Å². The first-order valence-electron chi connectivity index (χ1n) is 6.55. The van der Waals surface area contributed by atoms with Crippen LogP contribution >= 0.6 is 0 Å². The molecule has 2 saturated heterocycles. The maximum absolute atomic E-state index is 12.5. The van der Waals surface area contributed by atoms with E-state index in [-0.39, 0.29) is 5.72 Å². The summed E-state index contributed by atoms with van der Waals surface area (Å²) in [6, 6.07) is 0.394. The lowest BCUT2D eigenvalue weighted by Gasteiger charge is -2.33. The fourth-order valence-corrected chi connectivity index (χ4v) is 4.88. The highest BCUT2D eigenvalue weighted by Gasteiger charge is 2.78. The molecule has 3 heteroatoms. The number of ether oxygens (including phenoxy) is 1. The molecule has 2 heterocycles. The number of hydrogen-bond acceptors (Lipinski definition) is 2. The summed E-state index contributed by atoms with van der Waals surface area (Å²) in [4.78, 5) is 14.5. The molecule has 4 rings (SSSR count). The Hall–Kier alpha value is -0.570. The van der Waals surface area contributed by atoms with Crippen molar-refractivity contribution in [1.29, 1.82) is 0 Å². The minimum absolute atomic E-state index is 0.352. The van der Waals surface area contributed by atoms with Crippen molar-refractivity contribution in [3.05, 3.63) is 0 Å². The normalized spacial score (nSPS) is 46.2. The zero-order valence-corrected chi connectivity index (χ0v) is 10.0. The standard InChI is InChI=1S/C13H19NO2/c1-12(2)14-8(7-16-12)9-10(11(14)15)13(9)5-3-4-6-13/h8-10H,3-7H2,1-2H3/t8-,9-,10-/m1/s1. The summed E-state index contributed by atoms with van der Waals surface area (Å²) >= 11 is 0. The molecule has 0 radical (unpaired) electrons. The number of fused-ring (bicyclic) bond motifs is 5. The van der Waals surface area contributed by atoms with Gasteiger partial charge in [0.15, 0.2) is 0 Å². The molecule has 1 spiro atoms. The van der Waals surface area contributed by atoms with Gasteiger partial charge in [-0.2, -0.15) is 0 Å². The largest absolute Gasteiger partial charge is 0.354 e. The van der Waals surface area contributed by atoms with Gasteiger partial charge in [-0.3, -0.25) is 4.79 Å². The van der Waals surface area contributed by atoms with Crippen molar-refractivity contribution in [3.8, 4) is 0 Å². The molecule has 1 amide bonds. The molecule has 0 unspecified atom stereocenters. The first-order valence-corrected chi connectivity index (χ1v) is 6.55. The summed E-state index contributed by atoms with van der Waals surface area (Å²) in [6.07, 6.45) is 5.24. The maximum atomic E-state index is 12.5. The lowest BCUT2D eigenvalue weighted by atomic mass is 9.94. The van der Waals surface area contributed by atoms with Crippen LogP contribution in [0.25, 0.3) is 0 Å². The maximum Gasteiger partial charge on any atom is 0.229 e. The van der Waals surface area contributed by atoms with Crippen LogP contribution in [0.15, 0.2) is 0 Å². The second kappa shape index (κ2) is 2.47. The van der Waals surface area contributed by atoms with Crippen molar-refractivity contribution in [2.24, 2.45) is 17.3 Å². The Bertz CT molecular complexity index is 370. The Labute approximate surface area is 96.1 Å². The van der Waals surface area contributed by atoms with Gasteiger partial charge in [0.2, 0.25) is 5.91 Å². The predicted octanol–water partition coefficient (Wildman–Crippen LogP) is 1.77. The Kier molecular flexibility index (Phi) is 1.46. The molecule has 4 fully saturated rings. The van der Waals surface area contributed by atoms with Crippen LogP contribution in [-0.4, -0.2) is 29.2 Å². The summed E-state index contributed by atoms with van der Waals surface area (Å²) in [7, 11) is 0. The zero-order chi connectivity index (χ0) is 11.1. The number of carbonyl (C=O) groups is 1. The van der Waals surface area contributed by atoms with E-state index >= 15 is 0 Å². The Balaban J connectivity index is 1.70. The van der Waals surface area contributed by atoms with Crippen LogP contribution in [0.1, 0.15) is 39.5 Å². The predicted molar refractivity (Wildman–Crippen MR) is 58.5 cm³/mol. The van der Waals surface area contributed by atoms with Crippen LogP contribution in [0, 0.1) is 17.3 Å². The van der Waals surface area contributed by atoms with Gasteiger partial charge in [-0.25, -0.2) is 0 Å². The van der Waals surface area contributed by atoms with Gasteiger partial charge in [0.1, 0.15) is 5.72 Å². The summed E-state index contributed by atoms with van der Waals surface area (Å²) in [5, 5.41) is 0. The van der Waals surface area contributed by atoms with Crippen molar-refractivity contribution in [1.82, 2.24) is 4.90 Å². The van der Waals surface area contributed by atoms with Crippen LogP contribution in [-0.2, 0) is 9.53 Å². The van der Waals surface area contributed by atoms with Crippen molar-refractivity contribution >= 4 is 5.91 Å².